The zero-order chi connectivity index (χ0) is 10.4. The average Bonchev–Trinajstić information content (AvgIpc) is 2.19. The topological polar surface area (TPSA) is 72.3 Å². The van der Waals surface area contributed by atoms with Gasteiger partial charge in [0.2, 0.25) is 0 Å². The summed E-state index contributed by atoms with van der Waals surface area (Å²) in [5.74, 6) is -0.539. The Labute approximate surface area is 81.8 Å². The van der Waals surface area contributed by atoms with Crippen molar-refractivity contribution in [2.45, 2.75) is 13.3 Å². The van der Waals surface area contributed by atoms with Gasteiger partial charge >= 0.3 is 5.97 Å². The van der Waals surface area contributed by atoms with Crippen molar-refractivity contribution in [2.24, 2.45) is 0 Å². The maximum atomic E-state index is 10.6. The largest absolute Gasteiger partial charge is 0.477 e. The van der Waals surface area contributed by atoms with Crippen LogP contribution in [0.1, 0.15) is 23.2 Å². The fraction of sp³-hybridized carbons (Fsp3) is 0.444. The molecule has 0 aromatic carbocycles. The molecule has 0 spiro atoms. The molecule has 0 saturated heterocycles. The van der Waals surface area contributed by atoms with Crippen LogP contribution < -0.4 is 0 Å². The molecular weight excluding hydrogens is 184 g/mol. The number of hydrogen-bond donors (Lipinski definition) is 1. The molecule has 0 unspecified atom stereocenters. The van der Waals surface area contributed by atoms with E-state index in [9.17, 15) is 4.79 Å². The van der Waals surface area contributed by atoms with Crippen molar-refractivity contribution in [1.29, 1.82) is 0 Å². The normalized spacial score (nSPS) is 10.1. The molecule has 5 heteroatoms. The fourth-order valence-electron chi connectivity index (χ4n) is 0.946. The summed E-state index contributed by atoms with van der Waals surface area (Å²) < 4.78 is 5.11. The zero-order valence-corrected chi connectivity index (χ0v) is 7.93. The molecule has 0 atom stereocenters. The SMILES string of the molecule is CCOCCc1nccc(C(=O)O)n1. The molecular formula is C9H12N2O3. The van der Waals surface area contributed by atoms with Gasteiger partial charge < -0.3 is 9.84 Å². The van der Waals surface area contributed by atoms with Crippen molar-refractivity contribution in [3.8, 4) is 0 Å². The molecule has 14 heavy (non-hydrogen) atoms. The molecule has 1 rings (SSSR count). The quantitative estimate of drug-likeness (QED) is 0.703. The fourth-order valence-corrected chi connectivity index (χ4v) is 0.946. The van der Waals surface area contributed by atoms with Crippen molar-refractivity contribution in [3.05, 3.63) is 23.8 Å². The lowest BCUT2D eigenvalue weighted by Crippen LogP contribution is -2.07. The zero-order valence-electron chi connectivity index (χ0n) is 7.93. The second-order valence-electron chi connectivity index (χ2n) is 2.61. The first-order valence-electron chi connectivity index (χ1n) is 4.37. The van der Waals surface area contributed by atoms with E-state index in [4.69, 9.17) is 9.84 Å². The molecule has 0 aliphatic rings. The van der Waals surface area contributed by atoms with Crippen LogP contribution in [0.3, 0.4) is 0 Å². The predicted molar refractivity (Wildman–Crippen MR) is 49.2 cm³/mol. The Morgan fingerprint density at radius 1 is 1.64 bits per heavy atom. The Morgan fingerprint density at radius 3 is 3.07 bits per heavy atom. The van der Waals surface area contributed by atoms with Gasteiger partial charge in [0, 0.05) is 19.2 Å². The van der Waals surface area contributed by atoms with E-state index in [-0.39, 0.29) is 5.69 Å². The lowest BCUT2D eigenvalue weighted by atomic mass is 10.3. The van der Waals surface area contributed by atoms with E-state index in [1.807, 2.05) is 6.92 Å². The van der Waals surface area contributed by atoms with Crippen molar-refractivity contribution >= 4 is 5.97 Å². The Hall–Kier alpha value is -1.49. The smallest absolute Gasteiger partial charge is 0.354 e. The lowest BCUT2D eigenvalue weighted by molar-refractivity contribution is 0.0689. The van der Waals surface area contributed by atoms with Crippen LogP contribution >= 0.6 is 0 Å². The number of rotatable bonds is 5. The predicted octanol–water partition coefficient (Wildman–Crippen LogP) is 0.754. The minimum Gasteiger partial charge on any atom is -0.477 e. The summed E-state index contributed by atoms with van der Waals surface area (Å²) in [7, 11) is 0. The highest BCUT2D eigenvalue weighted by molar-refractivity contribution is 5.85. The van der Waals surface area contributed by atoms with E-state index in [0.717, 1.165) is 0 Å². The Balaban J connectivity index is 2.59. The van der Waals surface area contributed by atoms with Crippen molar-refractivity contribution in [2.75, 3.05) is 13.2 Å². The number of carbonyl (C=O) groups is 1. The minimum absolute atomic E-state index is 0.0199. The summed E-state index contributed by atoms with van der Waals surface area (Å²) in [6.45, 7) is 3.05. The molecule has 0 fully saturated rings. The highest BCUT2D eigenvalue weighted by Crippen LogP contribution is 1.96. The number of hydrogen-bond acceptors (Lipinski definition) is 4. The summed E-state index contributed by atoms with van der Waals surface area (Å²) in [5.41, 5.74) is 0.0199. The molecule has 0 bridgehead atoms. The van der Waals surface area contributed by atoms with Crippen molar-refractivity contribution in [1.82, 2.24) is 9.97 Å². The van der Waals surface area contributed by atoms with E-state index in [2.05, 4.69) is 9.97 Å². The van der Waals surface area contributed by atoms with Crippen LogP contribution in [-0.4, -0.2) is 34.3 Å². The third-order valence-electron chi connectivity index (χ3n) is 1.60. The molecule has 1 aromatic rings. The van der Waals surface area contributed by atoms with Crippen LogP contribution in [0, 0.1) is 0 Å². The summed E-state index contributed by atoms with van der Waals surface area (Å²) >= 11 is 0. The van der Waals surface area contributed by atoms with Gasteiger partial charge in [0.05, 0.1) is 6.61 Å². The van der Waals surface area contributed by atoms with Crippen LogP contribution in [0.15, 0.2) is 12.3 Å². The average molecular weight is 196 g/mol. The van der Waals surface area contributed by atoms with Crippen LogP contribution in [-0.2, 0) is 11.2 Å². The lowest BCUT2D eigenvalue weighted by Gasteiger charge is -2.00. The van der Waals surface area contributed by atoms with E-state index in [1.54, 1.807) is 0 Å². The molecule has 0 aliphatic carbocycles. The molecule has 1 N–H and O–H groups in total. The molecule has 0 radical (unpaired) electrons. The maximum Gasteiger partial charge on any atom is 0.354 e. The molecule has 1 heterocycles. The van der Waals surface area contributed by atoms with Gasteiger partial charge in [-0.15, -0.1) is 0 Å². The first-order valence-corrected chi connectivity index (χ1v) is 4.37. The highest BCUT2D eigenvalue weighted by atomic mass is 16.5. The summed E-state index contributed by atoms with van der Waals surface area (Å²) in [6, 6.07) is 1.37. The maximum absolute atomic E-state index is 10.6. The van der Waals surface area contributed by atoms with Crippen LogP contribution in [0.25, 0.3) is 0 Å². The number of ether oxygens (including phenoxy) is 1. The van der Waals surface area contributed by atoms with Crippen LogP contribution in [0.2, 0.25) is 0 Å². The number of nitrogens with zero attached hydrogens (tertiary/aromatic N) is 2. The van der Waals surface area contributed by atoms with Gasteiger partial charge in [-0.05, 0) is 13.0 Å². The molecule has 76 valence electrons. The van der Waals surface area contributed by atoms with Gasteiger partial charge in [-0.2, -0.15) is 0 Å². The van der Waals surface area contributed by atoms with Crippen LogP contribution in [0.4, 0.5) is 0 Å². The molecule has 1 aromatic heterocycles. The summed E-state index contributed by atoms with van der Waals surface area (Å²) in [5, 5.41) is 8.66. The van der Waals surface area contributed by atoms with Crippen molar-refractivity contribution in [3.63, 3.8) is 0 Å². The summed E-state index contributed by atoms with van der Waals surface area (Å²) in [6.07, 6.45) is 1.98. The number of aromatic carboxylic acids is 1. The van der Waals surface area contributed by atoms with Gasteiger partial charge in [-0.25, -0.2) is 14.8 Å². The van der Waals surface area contributed by atoms with Gasteiger partial charge in [-0.1, -0.05) is 0 Å². The summed E-state index contributed by atoms with van der Waals surface area (Å²) in [4.78, 5) is 18.4. The first kappa shape index (κ1) is 10.6. The van der Waals surface area contributed by atoms with Crippen LogP contribution in [0.5, 0.6) is 0 Å². The van der Waals surface area contributed by atoms with Crippen molar-refractivity contribution < 1.29 is 14.6 Å². The molecule has 0 aliphatic heterocycles. The second-order valence-corrected chi connectivity index (χ2v) is 2.61. The minimum atomic E-state index is -1.04. The number of carboxylic acid groups (broad SMARTS) is 1. The van der Waals surface area contributed by atoms with E-state index in [1.165, 1.54) is 12.3 Å². The molecule has 0 saturated carbocycles. The standard InChI is InChI=1S/C9H12N2O3/c1-2-14-6-4-8-10-5-3-7(11-8)9(12)13/h3,5H,2,4,6H2,1H3,(H,12,13). The molecule has 0 amide bonds. The third kappa shape index (κ3) is 3.10. The third-order valence-corrected chi connectivity index (χ3v) is 1.60. The monoisotopic (exact) mass is 196 g/mol. The Kier molecular flexibility index (Phi) is 4.00. The van der Waals surface area contributed by atoms with E-state index >= 15 is 0 Å². The van der Waals surface area contributed by atoms with Gasteiger partial charge in [0.15, 0.2) is 5.69 Å². The number of carboxylic acids is 1. The second kappa shape index (κ2) is 5.29. The number of aromatic nitrogens is 2. The van der Waals surface area contributed by atoms with Gasteiger partial charge in [-0.3, -0.25) is 0 Å². The van der Waals surface area contributed by atoms with Gasteiger partial charge in [0.25, 0.3) is 0 Å². The van der Waals surface area contributed by atoms with E-state index in [0.29, 0.717) is 25.5 Å². The Morgan fingerprint density at radius 2 is 2.43 bits per heavy atom. The Bertz CT molecular complexity index is 315. The first-order chi connectivity index (χ1) is 6.74. The highest BCUT2D eigenvalue weighted by Gasteiger charge is 2.05. The van der Waals surface area contributed by atoms with Gasteiger partial charge in [0.1, 0.15) is 5.82 Å². The molecule has 5 nitrogen and oxygen atoms in total. The van der Waals surface area contributed by atoms with E-state index < -0.39 is 5.97 Å².